The summed E-state index contributed by atoms with van der Waals surface area (Å²) < 4.78 is 0. The van der Waals surface area contributed by atoms with Crippen LogP contribution in [0.2, 0.25) is 0 Å². The Balaban J connectivity index is 1.80. The Bertz CT molecular complexity index is 245. The first-order valence-corrected chi connectivity index (χ1v) is 6.82. The lowest BCUT2D eigenvalue weighted by molar-refractivity contribution is -0.155. The van der Waals surface area contributed by atoms with Gasteiger partial charge in [0.1, 0.15) is 0 Å². The fourth-order valence-electron chi connectivity index (χ4n) is 2.42. The van der Waals surface area contributed by atoms with Crippen molar-refractivity contribution in [3.8, 4) is 0 Å². The second-order valence-electron chi connectivity index (χ2n) is 4.67. The molecule has 0 saturated carbocycles. The van der Waals surface area contributed by atoms with Gasteiger partial charge in [0.15, 0.2) is 0 Å². The third kappa shape index (κ3) is 2.31. The molecular weight excluding hydrogens is 210 g/mol. The fourth-order valence-corrected chi connectivity index (χ4v) is 3.66. The van der Waals surface area contributed by atoms with Crippen LogP contribution < -0.4 is 0 Å². The standard InChI is InChI=1S/C11H19NO2S/c1-2-5-11(14)7-12(8-11)10(13)9-4-3-6-15-9/h9,14H,2-8H2,1H3. The number of hydrogen-bond acceptors (Lipinski definition) is 3. The lowest BCUT2D eigenvalue weighted by atomic mass is 9.89. The van der Waals surface area contributed by atoms with Crippen molar-refractivity contribution in [2.75, 3.05) is 18.8 Å². The molecule has 1 amide bonds. The van der Waals surface area contributed by atoms with Gasteiger partial charge >= 0.3 is 0 Å². The normalized spacial score (nSPS) is 28.9. The maximum Gasteiger partial charge on any atom is 0.235 e. The summed E-state index contributed by atoms with van der Waals surface area (Å²) in [6.45, 7) is 3.17. The predicted octanol–water partition coefficient (Wildman–Crippen LogP) is 1.26. The Morgan fingerprint density at radius 3 is 2.87 bits per heavy atom. The zero-order valence-electron chi connectivity index (χ0n) is 9.24. The molecule has 0 radical (unpaired) electrons. The Kier molecular flexibility index (Phi) is 3.26. The molecule has 3 nitrogen and oxygen atoms in total. The summed E-state index contributed by atoms with van der Waals surface area (Å²) in [5.74, 6) is 1.36. The van der Waals surface area contributed by atoms with Crippen molar-refractivity contribution >= 4 is 17.7 Å². The van der Waals surface area contributed by atoms with Crippen molar-refractivity contribution in [1.82, 2.24) is 4.90 Å². The number of nitrogens with zero attached hydrogens (tertiary/aromatic N) is 1. The van der Waals surface area contributed by atoms with Crippen molar-refractivity contribution in [3.63, 3.8) is 0 Å². The number of thioether (sulfide) groups is 1. The largest absolute Gasteiger partial charge is 0.386 e. The highest BCUT2D eigenvalue weighted by atomic mass is 32.2. The molecule has 86 valence electrons. The number of amides is 1. The van der Waals surface area contributed by atoms with E-state index in [0.717, 1.165) is 31.4 Å². The molecule has 0 spiro atoms. The van der Waals surface area contributed by atoms with E-state index < -0.39 is 5.60 Å². The molecule has 0 aromatic rings. The lowest BCUT2D eigenvalue weighted by Gasteiger charge is -2.47. The summed E-state index contributed by atoms with van der Waals surface area (Å²) >= 11 is 1.77. The van der Waals surface area contributed by atoms with Gasteiger partial charge in [-0.25, -0.2) is 0 Å². The van der Waals surface area contributed by atoms with Crippen LogP contribution in [-0.4, -0.2) is 45.6 Å². The Morgan fingerprint density at radius 2 is 2.33 bits per heavy atom. The first-order chi connectivity index (χ1) is 7.14. The van der Waals surface area contributed by atoms with Crippen LogP contribution in [0.1, 0.15) is 32.6 Å². The number of aliphatic hydroxyl groups is 1. The second kappa shape index (κ2) is 4.34. The van der Waals surface area contributed by atoms with Gasteiger partial charge in [0.25, 0.3) is 0 Å². The summed E-state index contributed by atoms with van der Waals surface area (Å²) in [5, 5.41) is 10.1. The minimum atomic E-state index is -0.576. The molecule has 2 aliphatic rings. The van der Waals surface area contributed by atoms with Gasteiger partial charge in [0.05, 0.1) is 23.9 Å². The maximum absolute atomic E-state index is 11.9. The molecule has 1 N–H and O–H groups in total. The smallest absolute Gasteiger partial charge is 0.235 e. The number of likely N-dealkylation sites (tertiary alicyclic amines) is 1. The van der Waals surface area contributed by atoms with E-state index in [0.29, 0.717) is 13.1 Å². The number of rotatable bonds is 3. The van der Waals surface area contributed by atoms with Crippen LogP contribution >= 0.6 is 11.8 Å². The summed E-state index contributed by atoms with van der Waals surface area (Å²) in [7, 11) is 0. The van der Waals surface area contributed by atoms with E-state index in [2.05, 4.69) is 6.92 Å². The topological polar surface area (TPSA) is 40.5 Å². The number of carbonyl (C=O) groups excluding carboxylic acids is 1. The minimum Gasteiger partial charge on any atom is -0.386 e. The van der Waals surface area contributed by atoms with Gasteiger partial charge < -0.3 is 10.0 Å². The molecule has 15 heavy (non-hydrogen) atoms. The molecule has 0 aromatic heterocycles. The fraction of sp³-hybridized carbons (Fsp3) is 0.909. The van der Waals surface area contributed by atoms with Gasteiger partial charge in [-0.05, 0) is 25.0 Å². The maximum atomic E-state index is 11.9. The van der Waals surface area contributed by atoms with E-state index >= 15 is 0 Å². The molecule has 0 aliphatic carbocycles. The quantitative estimate of drug-likeness (QED) is 0.792. The van der Waals surface area contributed by atoms with E-state index in [9.17, 15) is 9.90 Å². The number of carbonyl (C=O) groups is 1. The molecule has 2 heterocycles. The van der Waals surface area contributed by atoms with E-state index in [1.54, 1.807) is 11.8 Å². The third-order valence-electron chi connectivity index (χ3n) is 3.20. The summed E-state index contributed by atoms with van der Waals surface area (Å²) in [6.07, 6.45) is 3.98. The van der Waals surface area contributed by atoms with Crippen molar-refractivity contribution in [3.05, 3.63) is 0 Å². The van der Waals surface area contributed by atoms with Crippen molar-refractivity contribution in [2.45, 2.75) is 43.5 Å². The number of β-amino-alcohol motifs (C(OH)–C–C–N with tert-alkyl or cyclic N) is 1. The molecule has 2 fully saturated rings. The van der Waals surface area contributed by atoms with Crippen molar-refractivity contribution < 1.29 is 9.90 Å². The molecule has 4 heteroatoms. The predicted molar refractivity (Wildman–Crippen MR) is 61.9 cm³/mol. The highest BCUT2D eigenvalue weighted by molar-refractivity contribution is 8.00. The number of hydrogen-bond donors (Lipinski definition) is 1. The van der Waals surface area contributed by atoms with E-state index in [1.807, 2.05) is 4.90 Å². The van der Waals surface area contributed by atoms with E-state index in [1.165, 1.54) is 0 Å². The van der Waals surface area contributed by atoms with Gasteiger partial charge in [-0.3, -0.25) is 4.79 Å². The third-order valence-corrected chi connectivity index (χ3v) is 4.57. The van der Waals surface area contributed by atoms with Crippen molar-refractivity contribution in [2.24, 2.45) is 0 Å². The van der Waals surface area contributed by atoms with Gasteiger partial charge in [0.2, 0.25) is 5.91 Å². The van der Waals surface area contributed by atoms with Gasteiger partial charge in [-0.1, -0.05) is 13.3 Å². The molecule has 1 atom stereocenters. The highest BCUT2D eigenvalue weighted by Gasteiger charge is 2.44. The first-order valence-electron chi connectivity index (χ1n) is 5.77. The summed E-state index contributed by atoms with van der Waals surface area (Å²) in [6, 6.07) is 0. The van der Waals surface area contributed by atoms with Crippen LogP contribution in [0.25, 0.3) is 0 Å². The minimum absolute atomic E-state index is 0.177. The van der Waals surface area contributed by atoms with Crippen LogP contribution in [0.3, 0.4) is 0 Å². The van der Waals surface area contributed by atoms with Gasteiger partial charge in [-0.2, -0.15) is 0 Å². The summed E-state index contributed by atoms with van der Waals surface area (Å²) in [5.41, 5.74) is -0.576. The Morgan fingerprint density at radius 1 is 1.60 bits per heavy atom. The van der Waals surface area contributed by atoms with Gasteiger partial charge in [-0.15, -0.1) is 11.8 Å². The van der Waals surface area contributed by atoms with Crippen LogP contribution in [0.4, 0.5) is 0 Å². The summed E-state index contributed by atoms with van der Waals surface area (Å²) in [4.78, 5) is 13.7. The molecule has 1 unspecified atom stereocenters. The average Bonchev–Trinajstić information content (AvgIpc) is 2.66. The second-order valence-corrected chi connectivity index (χ2v) is 5.98. The van der Waals surface area contributed by atoms with Crippen LogP contribution in [0, 0.1) is 0 Å². The SMILES string of the molecule is CCCC1(O)CN(C(=O)C2CCCS2)C1. The Labute approximate surface area is 95.2 Å². The molecule has 0 aromatic carbocycles. The highest BCUT2D eigenvalue weighted by Crippen LogP contribution is 2.32. The molecular formula is C11H19NO2S. The van der Waals surface area contributed by atoms with Crippen LogP contribution in [0.15, 0.2) is 0 Å². The first kappa shape index (κ1) is 11.3. The Hall–Kier alpha value is -0.220. The molecule has 2 aliphatic heterocycles. The zero-order chi connectivity index (χ0) is 10.9. The monoisotopic (exact) mass is 229 g/mol. The molecule has 2 saturated heterocycles. The molecule has 2 rings (SSSR count). The van der Waals surface area contributed by atoms with E-state index in [-0.39, 0.29) is 11.2 Å². The average molecular weight is 229 g/mol. The van der Waals surface area contributed by atoms with Crippen LogP contribution in [0.5, 0.6) is 0 Å². The lowest BCUT2D eigenvalue weighted by Crippen LogP contribution is -2.64. The van der Waals surface area contributed by atoms with Gasteiger partial charge in [0, 0.05) is 0 Å². The van der Waals surface area contributed by atoms with Crippen molar-refractivity contribution in [1.29, 1.82) is 0 Å². The zero-order valence-corrected chi connectivity index (χ0v) is 10.1. The van der Waals surface area contributed by atoms with E-state index in [4.69, 9.17) is 0 Å². The van der Waals surface area contributed by atoms with Crippen LogP contribution in [-0.2, 0) is 4.79 Å². The molecule has 0 bridgehead atoms.